The number of carboxylic acids is 1. The third kappa shape index (κ3) is 2.58. The first-order chi connectivity index (χ1) is 11.5. The van der Waals surface area contributed by atoms with Crippen molar-refractivity contribution in [1.29, 1.82) is 0 Å². The van der Waals surface area contributed by atoms with E-state index in [-0.39, 0.29) is 25.0 Å². The van der Waals surface area contributed by atoms with Gasteiger partial charge >= 0.3 is 5.97 Å². The Morgan fingerprint density at radius 3 is 2.67 bits per heavy atom. The highest BCUT2D eigenvalue weighted by Crippen LogP contribution is 2.42. The molecule has 1 N–H and O–H groups in total. The van der Waals surface area contributed by atoms with Crippen LogP contribution in [0, 0.1) is 11.3 Å². The van der Waals surface area contributed by atoms with Crippen LogP contribution in [0.3, 0.4) is 0 Å². The van der Waals surface area contributed by atoms with E-state index in [0.717, 1.165) is 0 Å². The summed E-state index contributed by atoms with van der Waals surface area (Å²) in [7, 11) is 3.04. The van der Waals surface area contributed by atoms with Crippen molar-refractivity contribution in [1.82, 2.24) is 4.90 Å². The van der Waals surface area contributed by atoms with Gasteiger partial charge in [0.1, 0.15) is 5.41 Å². The number of carbonyl (C=O) groups excluding carboxylic acids is 1. The SMILES string of the molecule is COc1ccc(C(=O)N2C[C@@H]3CCOC[C@]3(C(=O)O)C2)cc1OC. The first-order valence-corrected chi connectivity index (χ1v) is 7.84. The Kier molecular flexibility index (Phi) is 4.36. The van der Waals surface area contributed by atoms with E-state index in [0.29, 0.717) is 36.6 Å². The van der Waals surface area contributed by atoms with Crippen LogP contribution in [-0.4, -0.2) is 62.4 Å². The highest BCUT2D eigenvalue weighted by molar-refractivity contribution is 5.96. The molecule has 0 radical (unpaired) electrons. The van der Waals surface area contributed by atoms with Crippen LogP contribution >= 0.6 is 0 Å². The predicted molar refractivity (Wildman–Crippen MR) is 84.4 cm³/mol. The van der Waals surface area contributed by atoms with Gasteiger partial charge in [-0.25, -0.2) is 0 Å². The number of methoxy groups -OCH3 is 2. The van der Waals surface area contributed by atoms with Gasteiger partial charge in [-0.3, -0.25) is 9.59 Å². The van der Waals surface area contributed by atoms with Gasteiger partial charge < -0.3 is 24.2 Å². The Morgan fingerprint density at radius 1 is 1.29 bits per heavy atom. The number of fused-ring (bicyclic) bond motifs is 1. The molecule has 0 spiro atoms. The first kappa shape index (κ1) is 16.6. The average molecular weight is 335 g/mol. The molecule has 1 aromatic rings. The summed E-state index contributed by atoms with van der Waals surface area (Å²) in [6.07, 6.45) is 0.655. The van der Waals surface area contributed by atoms with Crippen LogP contribution in [0.2, 0.25) is 0 Å². The normalized spacial score (nSPS) is 25.9. The Morgan fingerprint density at radius 2 is 2.04 bits per heavy atom. The number of carbonyl (C=O) groups is 2. The molecule has 2 aliphatic rings. The maximum Gasteiger partial charge on any atom is 0.314 e. The van der Waals surface area contributed by atoms with Gasteiger partial charge in [0.2, 0.25) is 0 Å². The zero-order valence-corrected chi connectivity index (χ0v) is 13.8. The molecular formula is C17H21NO6. The molecule has 2 fully saturated rings. The summed E-state index contributed by atoms with van der Waals surface area (Å²) < 4.78 is 15.8. The topological polar surface area (TPSA) is 85.3 Å². The molecular weight excluding hydrogens is 314 g/mol. The van der Waals surface area contributed by atoms with Gasteiger partial charge in [-0.2, -0.15) is 0 Å². The smallest absolute Gasteiger partial charge is 0.314 e. The van der Waals surface area contributed by atoms with E-state index in [1.807, 2.05) is 0 Å². The quantitative estimate of drug-likeness (QED) is 0.892. The fourth-order valence-electron chi connectivity index (χ4n) is 3.60. The van der Waals surface area contributed by atoms with Crippen molar-refractivity contribution in [3.63, 3.8) is 0 Å². The maximum atomic E-state index is 12.8. The van der Waals surface area contributed by atoms with E-state index in [9.17, 15) is 14.7 Å². The summed E-state index contributed by atoms with van der Waals surface area (Å²) in [5, 5.41) is 9.67. The number of ether oxygens (including phenoxy) is 3. The minimum absolute atomic E-state index is 0.0761. The van der Waals surface area contributed by atoms with Crippen LogP contribution in [0.5, 0.6) is 11.5 Å². The zero-order chi connectivity index (χ0) is 17.3. The standard InChI is InChI=1S/C17H21NO6/c1-22-13-4-3-11(7-14(13)23-2)15(19)18-8-12-5-6-24-10-17(12,9-18)16(20)21/h3-4,7,12H,5-6,8-10H2,1-2H3,(H,20,21)/t12-,17+/m0/s1. The monoisotopic (exact) mass is 335 g/mol. The molecule has 130 valence electrons. The summed E-state index contributed by atoms with van der Waals surface area (Å²) in [6.45, 7) is 1.30. The molecule has 2 saturated heterocycles. The van der Waals surface area contributed by atoms with Crippen LogP contribution in [0.15, 0.2) is 18.2 Å². The van der Waals surface area contributed by atoms with Crippen LogP contribution in [0.4, 0.5) is 0 Å². The third-order valence-corrected chi connectivity index (χ3v) is 5.01. The minimum atomic E-state index is -0.996. The van der Waals surface area contributed by atoms with E-state index < -0.39 is 11.4 Å². The Bertz CT molecular complexity index is 660. The fourth-order valence-corrected chi connectivity index (χ4v) is 3.60. The highest BCUT2D eigenvalue weighted by atomic mass is 16.5. The Balaban J connectivity index is 1.85. The molecule has 7 heteroatoms. The van der Waals surface area contributed by atoms with Gasteiger partial charge in [-0.1, -0.05) is 0 Å². The van der Waals surface area contributed by atoms with Gasteiger partial charge in [0.15, 0.2) is 11.5 Å². The molecule has 24 heavy (non-hydrogen) atoms. The molecule has 1 aromatic carbocycles. The number of carboxylic acid groups (broad SMARTS) is 1. The number of hydrogen-bond acceptors (Lipinski definition) is 5. The molecule has 2 aliphatic heterocycles. The average Bonchev–Trinajstić information content (AvgIpc) is 3.01. The number of hydrogen-bond donors (Lipinski definition) is 1. The van der Waals surface area contributed by atoms with Crippen LogP contribution in [0.25, 0.3) is 0 Å². The minimum Gasteiger partial charge on any atom is -0.493 e. The van der Waals surface area contributed by atoms with Crippen molar-refractivity contribution in [2.24, 2.45) is 11.3 Å². The zero-order valence-electron chi connectivity index (χ0n) is 13.8. The fraction of sp³-hybridized carbons (Fsp3) is 0.529. The van der Waals surface area contributed by atoms with Crippen molar-refractivity contribution in [3.05, 3.63) is 23.8 Å². The number of benzene rings is 1. The largest absolute Gasteiger partial charge is 0.493 e. The first-order valence-electron chi connectivity index (χ1n) is 7.84. The van der Waals surface area contributed by atoms with Crippen molar-refractivity contribution < 1.29 is 28.9 Å². The lowest BCUT2D eigenvalue weighted by molar-refractivity contribution is -0.159. The third-order valence-electron chi connectivity index (χ3n) is 5.01. The molecule has 2 heterocycles. The van der Waals surface area contributed by atoms with Crippen LogP contribution in [-0.2, 0) is 9.53 Å². The van der Waals surface area contributed by atoms with Gasteiger partial charge in [-0.15, -0.1) is 0 Å². The summed E-state index contributed by atoms with van der Waals surface area (Å²) in [5.74, 6) is -0.163. The highest BCUT2D eigenvalue weighted by Gasteiger charge is 2.55. The molecule has 0 aromatic heterocycles. The summed E-state index contributed by atoms with van der Waals surface area (Å²) >= 11 is 0. The Labute approximate surface area is 140 Å². The second-order valence-electron chi connectivity index (χ2n) is 6.25. The van der Waals surface area contributed by atoms with Crippen molar-refractivity contribution >= 4 is 11.9 Å². The molecule has 1 amide bonds. The van der Waals surface area contributed by atoms with E-state index in [1.54, 1.807) is 23.1 Å². The summed E-state index contributed by atoms with van der Waals surface area (Å²) in [6, 6.07) is 4.95. The van der Waals surface area contributed by atoms with Gasteiger partial charge in [0.05, 0.1) is 20.8 Å². The number of nitrogens with zero attached hydrogens (tertiary/aromatic N) is 1. The molecule has 2 atom stereocenters. The Hall–Kier alpha value is -2.28. The number of aliphatic carboxylic acids is 1. The van der Waals surface area contributed by atoms with E-state index in [4.69, 9.17) is 14.2 Å². The lowest BCUT2D eigenvalue weighted by Crippen LogP contribution is -2.46. The van der Waals surface area contributed by atoms with E-state index in [1.165, 1.54) is 14.2 Å². The second kappa shape index (κ2) is 6.32. The van der Waals surface area contributed by atoms with Crippen molar-refractivity contribution in [2.75, 3.05) is 40.5 Å². The van der Waals surface area contributed by atoms with Gasteiger partial charge in [0, 0.05) is 25.3 Å². The molecule has 0 saturated carbocycles. The molecule has 0 bridgehead atoms. The van der Waals surface area contributed by atoms with Crippen LogP contribution in [0.1, 0.15) is 16.8 Å². The lowest BCUT2D eigenvalue weighted by Gasteiger charge is -2.33. The molecule has 3 rings (SSSR count). The van der Waals surface area contributed by atoms with Crippen molar-refractivity contribution in [2.45, 2.75) is 6.42 Å². The summed E-state index contributed by atoms with van der Waals surface area (Å²) in [5.41, 5.74) is -0.544. The van der Waals surface area contributed by atoms with Gasteiger partial charge in [0.25, 0.3) is 5.91 Å². The van der Waals surface area contributed by atoms with E-state index in [2.05, 4.69) is 0 Å². The number of amides is 1. The maximum absolute atomic E-state index is 12.8. The number of likely N-dealkylation sites (tertiary alicyclic amines) is 1. The number of rotatable bonds is 4. The molecule has 0 unspecified atom stereocenters. The van der Waals surface area contributed by atoms with Gasteiger partial charge in [-0.05, 0) is 30.5 Å². The second-order valence-corrected chi connectivity index (χ2v) is 6.25. The molecule has 7 nitrogen and oxygen atoms in total. The summed E-state index contributed by atoms with van der Waals surface area (Å²) in [4.78, 5) is 26.2. The predicted octanol–water partition coefficient (Wildman–Crippen LogP) is 1.27. The van der Waals surface area contributed by atoms with E-state index >= 15 is 0 Å². The molecule has 0 aliphatic carbocycles. The van der Waals surface area contributed by atoms with Crippen LogP contribution < -0.4 is 9.47 Å². The van der Waals surface area contributed by atoms with Crippen molar-refractivity contribution in [3.8, 4) is 11.5 Å². The lowest BCUT2D eigenvalue weighted by atomic mass is 9.76.